The first-order valence-electron chi connectivity index (χ1n) is 7.34. The molecule has 3 rings (SSSR count). The Morgan fingerprint density at radius 2 is 2.00 bits per heavy atom. The van der Waals surface area contributed by atoms with E-state index in [-0.39, 0.29) is 11.7 Å². The van der Waals surface area contributed by atoms with Crippen LogP contribution in [0.3, 0.4) is 0 Å². The highest BCUT2D eigenvalue weighted by Crippen LogP contribution is 2.40. The van der Waals surface area contributed by atoms with Gasteiger partial charge in [0.15, 0.2) is 0 Å². The van der Waals surface area contributed by atoms with E-state index in [1.165, 1.54) is 23.9 Å². The lowest BCUT2D eigenvalue weighted by Gasteiger charge is -2.18. The number of hydrogen-bond donors (Lipinski definition) is 1. The van der Waals surface area contributed by atoms with Crippen LogP contribution in [0.1, 0.15) is 5.56 Å². The van der Waals surface area contributed by atoms with Crippen molar-refractivity contribution >= 4 is 51.3 Å². The van der Waals surface area contributed by atoms with Crippen molar-refractivity contribution in [3.05, 3.63) is 67.5 Å². The van der Waals surface area contributed by atoms with Gasteiger partial charge in [0, 0.05) is 14.3 Å². The summed E-state index contributed by atoms with van der Waals surface area (Å²) in [6.07, 6.45) is 1.71. The molecule has 0 aromatic heterocycles. The molecule has 1 aliphatic heterocycles. The average Bonchev–Trinajstić information content (AvgIpc) is 2.57. The Hall–Kier alpha value is -2.65. The lowest BCUT2D eigenvalue weighted by atomic mass is 10.2. The number of nitrogens with one attached hydrogen (secondary N) is 1. The fourth-order valence-electron chi connectivity index (χ4n) is 2.18. The number of amides is 1. The molecule has 0 aliphatic carbocycles. The normalized spacial score (nSPS) is 14.5. The zero-order valence-electron chi connectivity index (χ0n) is 13.1. The highest BCUT2D eigenvalue weighted by atomic mass is 79.9. The van der Waals surface area contributed by atoms with E-state index < -0.39 is 17.4 Å². The first-order chi connectivity index (χ1) is 12.4. The molecule has 1 amide bonds. The van der Waals surface area contributed by atoms with Gasteiger partial charge in [-0.15, -0.1) is 0 Å². The molecule has 0 saturated carbocycles. The first-order valence-corrected chi connectivity index (χ1v) is 8.94. The molecule has 7 nitrogen and oxygen atoms in total. The molecule has 0 atom stereocenters. The summed E-state index contributed by atoms with van der Waals surface area (Å²) >= 11 is 4.76. The van der Waals surface area contributed by atoms with E-state index in [0.29, 0.717) is 4.91 Å². The van der Waals surface area contributed by atoms with Crippen molar-refractivity contribution in [2.75, 3.05) is 11.9 Å². The molecule has 0 radical (unpaired) electrons. The van der Waals surface area contributed by atoms with E-state index in [9.17, 15) is 19.7 Å². The number of esters is 1. The van der Waals surface area contributed by atoms with Crippen LogP contribution in [0.15, 0.2) is 56.7 Å². The standard InChI is InChI=1S/C17H11BrN2O5S/c18-11-3-6-13-14(8-11)26-15(17(22)19-13)7-10-1-4-12(5-2-10)25-16(21)9-20(23)24/h1-8H,9H2,(H,19,22)/b15-7-. The quantitative estimate of drug-likeness (QED) is 0.259. The Morgan fingerprint density at radius 3 is 2.69 bits per heavy atom. The fraction of sp³-hybridized carbons (Fsp3) is 0.0588. The molecular weight excluding hydrogens is 424 g/mol. The minimum Gasteiger partial charge on any atom is -0.422 e. The maximum absolute atomic E-state index is 12.2. The van der Waals surface area contributed by atoms with E-state index in [0.717, 1.165) is 20.6 Å². The first kappa shape index (κ1) is 18.2. The van der Waals surface area contributed by atoms with Crippen LogP contribution < -0.4 is 10.1 Å². The van der Waals surface area contributed by atoms with Gasteiger partial charge in [-0.25, -0.2) is 4.79 Å². The Kier molecular flexibility index (Phi) is 5.38. The largest absolute Gasteiger partial charge is 0.422 e. The SMILES string of the molecule is O=C(C[N+](=O)[O-])Oc1ccc(/C=C2\Sc3cc(Br)ccc3NC2=O)cc1. The predicted molar refractivity (Wildman–Crippen MR) is 101 cm³/mol. The van der Waals surface area contributed by atoms with Gasteiger partial charge < -0.3 is 10.1 Å². The molecule has 1 N–H and O–H groups in total. The third-order valence-corrected chi connectivity index (χ3v) is 4.88. The maximum atomic E-state index is 12.2. The van der Waals surface area contributed by atoms with Crippen LogP contribution in [0.2, 0.25) is 0 Å². The monoisotopic (exact) mass is 434 g/mol. The summed E-state index contributed by atoms with van der Waals surface area (Å²) in [5.41, 5.74) is 1.49. The highest BCUT2D eigenvalue weighted by Gasteiger charge is 2.21. The second kappa shape index (κ2) is 7.71. The van der Waals surface area contributed by atoms with E-state index in [1.807, 2.05) is 18.2 Å². The number of carbonyl (C=O) groups excluding carboxylic acids is 2. The van der Waals surface area contributed by atoms with E-state index in [2.05, 4.69) is 21.2 Å². The number of halogens is 1. The highest BCUT2D eigenvalue weighted by molar-refractivity contribution is 9.10. The van der Waals surface area contributed by atoms with Crippen molar-refractivity contribution < 1.29 is 19.2 Å². The van der Waals surface area contributed by atoms with Crippen LogP contribution in [-0.2, 0) is 9.59 Å². The summed E-state index contributed by atoms with van der Waals surface area (Å²) in [6, 6.07) is 12.0. The van der Waals surface area contributed by atoms with Crippen molar-refractivity contribution in [3.8, 4) is 5.75 Å². The van der Waals surface area contributed by atoms with Gasteiger partial charge in [-0.3, -0.25) is 14.9 Å². The van der Waals surface area contributed by atoms with Crippen LogP contribution in [0.5, 0.6) is 5.75 Å². The second-order valence-corrected chi connectivity index (χ2v) is 7.24. The minimum absolute atomic E-state index is 0.202. The average molecular weight is 435 g/mol. The van der Waals surface area contributed by atoms with E-state index >= 15 is 0 Å². The van der Waals surface area contributed by atoms with Crippen molar-refractivity contribution in [1.82, 2.24) is 0 Å². The number of rotatable bonds is 4. The second-order valence-electron chi connectivity index (χ2n) is 5.24. The molecule has 1 aliphatic rings. The number of thioether (sulfide) groups is 1. The van der Waals surface area contributed by atoms with Crippen LogP contribution in [0, 0.1) is 10.1 Å². The molecule has 132 valence electrons. The van der Waals surface area contributed by atoms with E-state index in [4.69, 9.17) is 4.74 Å². The topological polar surface area (TPSA) is 98.5 Å². The fourth-order valence-corrected chi connectivity index (χ4v) is 3.68. The van der Waals surface area contributed by atoms with Gasteiger partial charge in [0.1, 0.15) is 5.75 Å². The Morgan fingerprint density at radius 1 is 1.27 bits per heavy atom. The van der Waals surface area contributed by atoms with E-state index in [1.54, 1.807) is 18.2 Å². The van der Waals surface area contributed by atoms with Crippen molar-refractivity contribution in [3.63, 3.8) is 0 Å². The van der Waals surface area contributed by atoms with Gasteiger partial charge in [-0.05, 0) is 42.0 Å². The van der Waals surface area contributed by atoms with Crippen molar-refractivity contribution in [2.24, 2.45) is 0 Å². The molecule has 1 heterocycles. The molecule has 26 heavy (non-hydrogen) atoms. The predicted octanol–water partition coefficient (Wildman–Crippen LogP) is 3.72. The summed E-state index contributed by atoms with van der Waals surface area (Å²) in [7, 11) is 0. The number of nitrogens with zero attached hydrogens (tertiary/aromatic N) is 1. The number of carbonyl (C=O) groups is 2. The van der Waals surface area contributed by atoms with Crippen LogP contribution in [0.25, 0.3) is 6.08 Å². The van der Waals surface area contributed by atoms with Crippen molar-refractivity contribution in [1.29, 1.82) is 0 Å². The number of anilines is 1. The van der Waals surface area contributed by atoms with Gasteiger partial charge in [0.05, 0.1) is 10.6 Å². The van der Waals surface area contributed by atoms with Gasteiger partial charge in [0.2, 0.25) is 0 Å². The van der Waals surface area contributed by atoms with Gasteiger partial charge >= 0.3 is 5.97 Å². The molecular formula is C17H11BrN2O5S. The van der Waals surface area contributed by atoms with Crippen LogP contribution in [0.4, 0.5) is 5.69 Å². The molecule has 0 saturated heterocycles. The Labute approximate surface area is 160 Å². The minimum atomic E-state index is -0.939. The Bertz CT molecular complexity index is 927. The summed E-state index contributed by atoms with van der Waals surface area (Å²) in [5.74, 6) is -0.939. The number of fused-ring (bicyclic) bond motifs is 1. The zero-order chi connectivity index (χ0) is 18.7. The summed E-state index contributed by atoms with van der Waals surface area (Å²) in [5, 5.41) is 13.1. The molecule has 0 fully saturated rings. The summed E-state index contributed by atoms with van der Waals surface area (Å²) in [6.45, 7) is -0.891. The molecule has 9 heteroatoms. The molecule has 0 spiro atoms. The van der Waals surface area contributed by atoms with Crippen molar-refractivity contribution in [2.45, 2.75) is 4.90 Å². The number of benzene rings is 2. The maximum Gasteiger partial charge on any atom is 0.383 e. The lowest BCUT2D eigenvalue weighted by molar-refractivity contribution is -0.469. The van der Waals surface area contributed by atoms with Gasteiger partial charge in [-0.1, -0.05) is 39.8 Å². The third kappa shape index (κ3) is 4.50. The smallest absolute Gasteiger partial charge is 0.383 e. The molecule has 0 unspecified atom stereocenters. The molecule has 2 aromatic carbocycles. The third-order valence-electron chi connectivity index (χ3n) is 3.30. The number of nitro groups is 1. The lowest BCUT2D eigenvalue weighted by Crippen LogP contribution is -2.19. The number of hydrogen-bond acceptors (Lipinski definition) is 6. The molecule has 2 aromatic rings. The van der Waals surface area contributed by atoms with Gasteiger partial charge in [-0.2, -0.15) is 0 Å². The Balaban J connectivity index is 1.74. The van der Waals surface area contributed by atoms with Crippen LogP contribution >= 0.6 is 27.7 Å². The van der Waals surface area contributed by atoms with Crippen LogP contribution in [-0.4, -0.2) is 23.3 Å². The van der Waals surface area contributed by atoms with Gasteiger partial charge in [0.25, 0.3) is 12.5 Å². The summed E-state index contributed by atoms with van der Waals surface area (Å²) in [4.78, 5) is 34.5. The zero-order valence-corrected chi connectivity index (χ0v) is 15.5. The summed E-state index contributed by atoms with van der Waals surface area (Å²) < 4.78 is 5.78. The molecule has 0 bridgehead atoms. The number of ether oxygens (including phenoxy) is 1.